The number of aliphatic carboxylic acids is 1. The SMILES string of the molecule is CCCC[C@@]1(C(=O)O)CCCCCN1. The van der Waals surface area contributed by atoms with E-state index >= 15 is 0 Å². The molecule has 0 aliphatic carbocycles. The van der Waals surface area contributed by atoms with Crippen molar-refractivity contribution in [3.8, 4) is 0 Å². The number of hydrogen-bond acceptors (Lipinski definition) is 2. The van der Waals surface area contributed by atoms with Crippen molar-refractivity contribution in [2.75, 3.05) is 6.54 Å². The van der Waals surface area contributed by atoms with E-state index in [-0.39, 0.29) is 0 Å². The molecule has 82 valence electrons. The van der Waals surface area contributed by atoms with Gasteiger partial charge in [-0.2, -0.15) is 0 Å². The fraction of sp³-hybridized carbons (Fsp3) is 0.909. The van der Waals surface area contributed by atoms with Gasteiger partial charge in [0.1, 0.15) is 5.54 Å². The van der Waals surface area contributed by atoms with Gasteiger partial charge in [-0.3, -0.25) is 4.79 Å². The van der Waals surface area contributed by atoms with Gasteiger partial charge in [0.15, 0.2) is 0 Å². The third-order valence-electron chi connectivity index (χ3n) is 3.11. The molecule has 0 aromatic rings. The summed E-state index contributed by atoms with van der Waals surface area (Å²) in [5.41, 5.74) is -0.619. The van der Waals surface area contributed by atoms with Gasteiger partial charge in [0, 0.05) is 0 Å². The Bertz CT molecular complexity index is 184. The minimum atomic E-state index is -0.659. The number of carbonyl (C=O) groups is 1. The van der Waals surface area contributed by atoms with Gasteiger partial charge in [-0.25, -0.2) is 0 Å². The quantitative estimate of drug-likeness (QED) is 0.729. The van der Waals surface area contributed by atoms with Gasteiger partial charge in [0.25, 0.3) is 0 Å². The molecule has 1 saturated heterocycles. The molecule has 0 amide bonds. The first-order valence-electron chi connectivity index (χ1n) is 5.70. The van der Waals surface area contributed by atoms with Crippen LogP contribution in [-0.2, 0) is 4.79 Å². The second-order valence-corrected chi connectivity index (χ2v) is 4.23. The standard InChI is InChI=1S/C11H21NO2/c1-2-3-7-11(10(13)14)8-5-4-6-9-12-11/h12H,2-9H2,1H3,(H,13,14)/t11-/m0/s1. The second kappa shape index (κ2) is 5.35. The molecule has 1 aliphatic heterocycles. The third-order valence-corrected chi connectivity index (χ3v) is 3.11. The number of hydrogen-bond donors (Lipinski definition) is 2. The van der Waals surface area contributed by atoms with Crippen molar-refractivity contribution in [1.29, 1.82) is 0 Å². The largest absolute Gasteiger partial charge is 0.480 e. The summed E-state index contributed by atoms with van der Waals surface area (Å²) in [4.78, 5) is 11.3. The fourth-order valence-corrected chi connectivity index (χ4v) is 2.13. The smallest absolute Gasteiger partial charge is 0.323 e. The van der Waals surface area contributed by atoms with Gasteiger partial charge in [-0.15, -0.1) is 0 Å². The predicted octanol–water partition coefficient (Wildman–Crippen LogP) is 2.16. The molecule has 3 heteroatoms. The molecule has 1 aliphatic rings. The van der Waals surface area contributed by atoms with E-state index in [1.54, 1.807) is 0 Å². The fourth-order valence-electron chi connectivity index (χ4n) is 2.13. The maximum Gasteiger partial charge on any atom is 0.323 e. The number of nitrogens with one attached hydrogen (secondary N) is 1. The van der Waals surface area contributed by atoms with Crippen LogP contribution < -0.4 is 5.32 Å². The maximum absolute atomic E-state index is 11.3. The molecule has 0 aromatic heterocycles. The zero-order valence-corrected chi connectivity index (χ0v) is 9.01. The molecule has 0 aromatic carbocycles. The minimum Gasteiger partial charge on any atom is -0.480 e. The van der Waals surface area contributed by atoms with E-state index in [4.69, 9.17) is 0 Å². The number of carboxylic acid groups (broad SMARTS) is 1. The number of unbranched alkanes of at least 4 members (excludes halogenated alkanes) is 1. The van der Waals surface area contributed by atoms with E-state index in [0.717, 1.165) is 51.5 Å². The summed E-state index contributed by atoms with van der Waals surface area (Å²) in [5, 5.41) is 12.5. The first kappa shape index (κ1) is 11.5. The van der Waals surface area contributed by atoms with Gasteiger partial charge in [0.05, 0.1) is 0 Å². The molecular formula is C11H21NO2. The average Bonchev–Trinajstić information content (AvgIpc) is 2.41. The Balaban J connectivity index is 2.62. The van der Waals surface area contributed by atoms with Gasteiger partial charge in [-0.1, -0.05) is 32.6 Å². The van der Waals surface area contributed by atoms with Crippen LogP contribution in [0.3, 0.4) is 0 Å². The molecule has 14 heavy (non-hydrogen) atoms. The lowest BCUT2D eigenvalue weighted by Crippen LogP contribution is -2.51. The summed E-state index contributed by atoms with van der Waals surface area (Å²) in [5.74, 6) is -0.659. The Labute approximate surface area is 85.9 Å². The van der Waals surface area contributed by atoms with Crippen molar-refractivity contribution < 1.29 is 9.90 Å². The third kappa shape index (κ3) is 2.71. The van der Waals surface area contributed by atoms with Crippen LogP contribution in [0.25, 0.3) is 0 Å². The molecule has 0 radical (unpaired) electrons. The minimum absolute atomic E-state index is 0.619. The predicted molar refractivity (Wildman–Crippen MR) is 56.4 cm³/mol. The van der Waals surface area contributed by atoms with E-state index in [0.29, 0.717) is 0 Å². The lowest BCUT2D eigenvalue weighted by Gasteiger charge is -2.29. The van der Waals surface area contributed by atoms with Crippen LogP contribution in [0.4, 0.5) is 0 Å². The maximum atomic E-state index is 11.3. The topological polar surface area (TPSA) is 49.3 Å². The highest BCUT2D eigenvalue weighted by atomic mass is 16.4. The van der Waals surface area contributed by atoms with Crippen LogP contribution in [0.1, 0.15) is 51.9 Å². The van der Waals surface area contributed by atoms with E-state index in [1.807, 2.05) is 0 Å². The summed E-state index contributed by atoms with van der Waals surface area (Å²) in [6.07, 6.45) is 6.95. The van der Waals surface area contributed by atoms with Crippen LogP contribution in [0, 0.1) is 0 Å². The van der Waals surface area contributed by atoms with Crippen LogP contribution in [0.15, 0.2) is 0 Å². The van der Waals surface area contributed by atoms with Crippen molar-refractivity contribution in [2.24, 2.45) is 0 Å². The molecular weight excluding hydrogens is 178 g/mol. The van der Waals surface area contributed by atoms with Crippen molar-refractivity contribution >= 4 is 5.97 Å². The normalized spacial score (nSPS) is 28.4. The van der Waals surface area contributed by atoms with Gasteiger partial charge in [-0.05, 0) is 25.8 Å². The van der Waals surface area contributed by atoms with E-state index in [9.17, 15) is 9.90 Å². The highest BCUT2D eigenvalue weighted by Crippen LogP contribution is 2.25. The summed E-state index contributed by atoms with van der Waals surface area (Å²) in [6.45, 7) is 2.96. The first-order chi connectivity index (χ1) is 6.71. The van der Waals surface area contributed by atoms with Crippen LogP contribution in [0.2, 0.25) is 0 Å². The van der Waals surface area contributed by atoms with Crippen LogP contribution in [0.5, 0.6) is 0 Å². The summed E-state index contributed by atoms with van der Waals surface area (Å²) >= 11 is 0. The lowest BCUT2D eigenvalue weighted by atomic mass is 9.88. The summed E-state index contributed by atoms with van der Waals surface area (Å²) < 4.78 is 0. The van der Waals surface area contributed by atoms with E-state index in [2.05, 4.69) is 12.2 Å². The van der Waals surface area contributed by atoms with Gasteiger partial charge < -0.3 is 10.4 Å². The monoisotopic (exact) mass is 199 g/mol. The van der Waals surface area contributed by atoms with Crippen molar-refractivity contribution in [3.05, 3.63) is 0 Å². The van der Waals surface area contributed by atoms with Gasteiger partial charge in [0.2, 0.25) is 0 Å². The summed E-state index contributed by atoms with van der Waals surface area (Å²) in [6, 6.07) is 0. The summed E-state index contributed by atoms with van der Waals surface area (Å²) in [7, 11) is 0. The Morgan fingerprint density at radius 2 is 2.21 bits per heavy atom. The molecule has 1 rings (SSSR count). The number of carboxylic acids is 1. The highest BCUT2D eigenvalue weighted by Gasteiger charge is 2.37. The van der Waals surface area contributed by atoms with Crippen LogP contribution in [-0.4, -0.2) is 23.2 Å². The van der Waals surface area contributed by atoms with Crippen molar-refractivity contribution in [3.63, 3.8) is 0 Å². The Morgan fingerprint density at radius 3 is 2.86 bits per heavy atom. The molecule has 2 N–H and O–H groups in total. The van der Waals surface area contributed by atoms with Crippen molar-refractivity contribution in [2.45, 2.75) is 57.4 Å². The molecule has 0 saturated carbocycles. The Kier molecular flexibility index (Phi) is 4.39. The van der Waals surface area contributed by atoms with E-state index in [1.165, 1.54) is 0 Å². The molecule has 3 nitrogen and oxygen atoms in total. The molecule has 0 unspecified atom stereocenters. The highest BCUT2D eigenvalue weighted by molar-refractivity contribution is 5.78. The molecule has 1 heterocycles. The zero-order valence-electron chi connectivity index (χ0n) is 9.01. The van der Waals surface area contributed by atoms with Gasteiger partial charge >= 0.3 is 5.97 Å². The molecule has 1 fully saturated rings. The van der Waals surface area contributed by atoms with E-state index < -0.39 is 11.5 Å². The zero-order chi connectivity index (χ0) is 10.4. The molecule has 0 bridgehead atoms. The second-order valence-electron chi connectivity index (χ2n) is 4.23. The Morgan fingerprint density at radius 1 is 1.43 bits per heavy atom. The Hall–Kier alpha value is -0.570. The first-order valence-corrected chi connectivity index (χ1v) is 5.70. The lowest BCUT2D eigenvalue weighted by molar-refractivity contribution is -0.145. The van der Waals surface area contributed by atoms with Crippen molar-refractivity contribution in [1.82, 2.24) is 5.32 Å². The number of rotatable bonds is 4. The van der Waals surface area contributed by atoms with Crippen LogP contribution >= 0.6 is 0 Å². The average molecular weight is 199 g/mol. The molecule has 1 atom stereocenters. The molecule has 0 spiro atoms.